The number of benzene rings is 1. The van der Waals surface area contributed by atoms with Gasteiger partial charge in [-0.1, -0.05) is 13.8 Å². The van der Waals surface area contributed by atoms with Crippen LogP contribution in [0, 0.1) is 0 Å². The van der Waals surface area contributed by atoms with Crippen LogP contribution in [0.4, 0.5) is 18.9 Å². The van der Waals surface area contributed by atoms with Crippen molar-refractivity contribution in [2.75, 3.05) is 25.0 Å². The van der Waals surface area contributed by atoms with Gasteiger partial charge in [0.2, 0.25) is 15.9 Å². The number of nitrogens with one attached hydrogen (secondary N) is 1. The maximum Gasteiger partial charge on any atom is 0.416 e. The Morgan fingerprint density at radius 2 is 1.78 bits per heavy atom. The molecule has 2 aromatic rings. The lowest BCUT2D eigenvalue weighted by molar-refractivity contribution is -0.137. The van der Waals surface area contributed by atoms with Crippen molar-refractivity contribution in [3.63, 3.8) is 0 Å². The van der Waals surface area contributed by atoms with Gasteiger partial charge in [-0.05, 0) is 31.2 Å². The molecular formula is C20H24F3N3O5S. The van der Waals surface area contributed by atoms with Crippen molar-refractivity contribution >= 4 is 21.6 Å². The molecule has 0 spiro atoms. The number of alkyl halides is 3. The lowest BCUT2D eigenvalue weighted by Gasteiger charge is -2.19. The molecule has 0 saturated heterocycles. The molecular weight excluding hydrogens is 451 g/mol. The summed E-state index contributed by atoms with van der Waals surface area (Å²) in [4.78, 5) is 24.5. The Labute approximate surface area is 183 Å². The fourth-order valence-corrected chi connectivity index (χ4v) is 4.41. The molecule has 176 valence electrons. The molecule has 12 heteroatoms. The fraction of sp³-hybridized carbons (Fsp3) is 0.400. The Kier molecular flexibility index (Phi) is 8.07. The van der Waals surface area contributed by atoms with E-state index in [4.69, 9.17) is 4.74 Å². The minimum absolute atomic E-state index is 0.0269. The van der Waals surface area contributed by atoms with E-state index in [-0.39, 0.29) is 36.0 Å². The van der Waals surface area contributed by atoms with Crippen molar-refractivity contribution in [3.05, 3.63) is 52.4 Å². The molecule has 8 nitrogen and oxygen atoms in total. The maximum atomic E-state index is 13.0. The number of nitrogens with zero attached hydrogens (tertiary/aromatic N) is 2. The van der Waals surface area contributed by atoms with Gasteiger partial charge in [0.1, 0.15) is 12.3 Å². The zero-order valence-electron chi connectivity index (χ0n) is 17.8. The fourth-order valence-electron chi connectivity index (χ4n) is 2.93. The Hall–Kier alpha value is -2.86. The third-order valence-corrected chi connectivity index (χ3v) is 6.53. The zero-order valence-corrected chi connectivity index (χ0v) is 18.6. The number of ether oxygens (including phenoxy) is 1. The van der Waals surface area contributed by atoms with E-state index in [2.05, 4.69) is 5.32 Å². The summed E-state index contributed by atoms with van der Waals surface area (Å²) >= 11 is 0. The van der Waals surface area contributed by atoms with Crippen LogP contribution >= 0.6 is 0 Å². The van der Waals surface area contributed by atoms with Gasteiger partial charge in [0.25, 0.3) is 5.56 Å². The molecule has 0 unspecified atom stereocenters. The van der Waals surface area contributed by atoms with E-state index >= 15 is 0 Å². The van der Waals surface area contributed by atoms with Crippen LogP contribution in [0.2, 0.25) is 0 Å². The van der Waals surface area contributed by atoms with Crippen molar-refractivity contribution in [1.82, 2.24) is 8.87 Å². The summed E-state index contributed by atoms with van der Waals surface area (Å²) in [5, 5.41) is 2.30. The molecule has 1 amide bonds. The second-order valence-electron chi connectivity index (χ2n) is 6.61. The summed E-state index contributed by atoms with van der Waals surface area (Å²) in [5.41, 5.74) is -1.85. The summed E-state index contributed by atoms with van der Waals surface area (Å²) in [6.45, 7) is 4.93. The number of hydrogen-bond acceptors (Lipinski definition) is 5. The first kappa shape index (κ1) is 25.4. The van der Waals surface area contributed by atoms with Gasteiger partial charge < -0.3 is 14.6 Å². The number of anilines is 1. The van der Waals surface area contributed by atoms with E-state index < -0.39 is 39.8 Å². The predicted molar refractivity (Wildman–Crippen MR) is 112 cm³/mol. The molecule has 32 heavy (non-hydrogen) atoms. The molecule has 0 atom stereocenters. The van der Waals surface area contributed by atoms with Crippen LogP contribution in [-0.4, -0.2) is 42.9 Å². The number of hydrogen-bond donors (Lipinski definition) is 1. The summed E-state index contributed by atoms with van der Waals surface area (Å²) in [6.07, 6.45) is -3.60. The number of pyridine rings is 1. The highest BCUT2D eigenvalue weighted by molar-refractivity contribution is 7.89. The summed E-state index contributed by atoms with van der Waals surface area (Å²) in [5.74, 6) is -0.802. The molecule has 0 aliphatic rings. The predicted octanol–water partition coefficient (Wildman–Crippen LogP) is 2.94. The van der Waals surface area contributed by atoms with Crippen LogP contribution in [0.15, 0.2) is 46.2 Å². The van der Waals surface area contributed by atoms with Gasteiger partial charge in [-0.15, -0.1) is 0 Å². The van der Waals surface area contributed by atoms with E-state index in [1.165, 1.54) is 4.31 Å². The van der Waals surface area contributed by atoms with Gasteiger partial charge in [-0.2, -0.15) is 17.5 Å². The Bertz CT molecular complexity index is 1130. The molecule has 1 N–H and O–H groups in total. The largest absolute Gasteiger partial charge is 0.492 e. The molecule has 0 fully saturated rings. The normalized spacial score (nSPS) is 12.1. The van der Waals surface area contributed by atoms with Crippen LogP contribution in [0.5, 0.6) is 5.75 Å². The first-order chi connectivity index (χ1) is 14.9. The molecule has 1 aromatic carbocycles. The number of carbonyl (C=O) groups excluding carboxylic acids is 1. The Morgan fingerprint density at radius 3 is 2.34 bits per heavy atom. The highest BCUT2D eigenvalue weighted by Gasteiger charge is 2.31. The standard InChI is InChI=1S/C20H24F3N3O5S/c1-4-26(5-2)32(29,30)15-8-10-19(28)25(12-15)13-18(27)24-16-11-14(20(21,22)23)7-9-17(16)31-6-3/h7-12H,4-6,13H2,1-3H3,(H,24,27). The average molecular weight is 475 g/mol. The lowest BCUT2D eigenvalue weighted by Crippen LogP contribution is -2.33. The van der Waals surface area contributed by atoms with Crippen LogP contribution in [0.3, 0.4) is 0 Å². The number of rotatable bonds is 9. The van der Waals surface area contributed by atoms with Crippen LogP contribution in [-0.2, 0) is 27.5 Å². The van der Waals surface area contributed by atoms with Crippen molar-refractivity contribution in [1.29, 1.82) is 0 Å². The molecule has 0 aliphatic heterocycles. The smallest absolute Gasteiger partial charge is 0.416 e. The van der Waals surface area contributed by atoms with E-state index in [1.54, 1.807) is 20.8 Å². The third kappa shape index (κ3) is 5.88. The van der Waals surface area contributed by atoms with Crippen LogP contribution < -0.4 is 15.6 Å². The van der Waals surface area contributed by atoms with Gasteiger partial charge >= 0.3 is 6.18 Å². The van der Waals surface area contributed by atoms with Crippen molar-refractivity contribution in [3.8, 4) is 5.75 Å². The summed E-state index contributed by atoms with van der Waals surface area (Å²) in [7, 11) is -3.87. The van der Waals surface area contributed by atoms with Crippen LogP contribution in [0.25, 0.3) is 0 Å². The number of sulfonamides is 1. The van der Waals surface area contributed by atoms with Crippen molar-refractivity contribution in [2.24, 2.45) is 0 Å². The van der Waals surface area contributed by atoms with Gasteiger partial charge in [0, 0.05) is 25.4 Å². The van der Waals surface area contributed by atoms with Crippen molar-refractivity contribution < 1.29 is 31.1 Å². The van der Waals surface area contributed by atoms with E-state index in [0.717, 1.165) is 41.1 Å². The zero-order chi connectivity index (χ0) is 24.1. The maximum absolute atomic E-state index is 13.0. The van der Waals surface area contributed by atoms with Crippen molar-refractivity contribution in [2.45, 2.75) is 38.4 Å². The molecule has 1 heterocycles. The second-order valence-corrected chi connectivity index (χ2v) is 8.55. The molecule has 0 aliphatic carbocycles. The van der Waals surface area contributed by atoms with E-state index in [1.807, 2.05) is 0 Å². The van der Waals surface area contributed by atoms with E-state index in [9.17, 15) is 31.2 Å². The van der Waals surface area contributed by atoms with Gasteiger partial charge in [0.05, 0.1) is 22.8 Å². The van der Waals surface area contributed by atoms with Gasteiger partial charge in [-0.25, -0.2) is 8.42 Å². The molecule has 0 radical (unpaired) electrons. The summed E-state index contributed by atoms with van der Waals surface area (Å²) in [6, 6.07) is 4.80. The number of aromatic nitrogens is 1. The molecule has 1 aromatic heterocycles. The van der Waals surface area contributed by atoms with Crippen LogP contribution in [0.1, 0.15) is 26.3 Å². The first-order valence-electron chi connectivity index (χ1n) is 9.78. The monoisotopic (exact) mass is 475 g/mol. The van der Waals surface area contributed by atoms with Gasteiger partial charge in [-0.3, -0.25) is 9.59 Å². The lowest BCUT2D eigenvalue weighted by atomic mass is 10.1. The molecule has 0 bridgehead atoms. The number of amides is 1. The molecule has 2 rings (SSSR count). The third-order valence-electron chi connectivity index (χ3n) is 4.49. The number of halogens is 3. The molecule has 0 saturated carbocycles. The summed E-state index contributed by atoms with van der Waals surface area (Å²) < 4.78 is 71.8. The Morgan fingerprint density at radius 1 is 1.12 bits per heavy atom. The number of carbonyl (C=O) groups is 1. The Balaban J connectivity index is 2.33. The highest BCUT2D eigenvalue weighted by Crippen LogP contribution is 2.35. The van der Waals surface area contributed by atoms with Gasteiger partial charge in [0.15, 0.2) is 0 Å². The minimum Gasteiger partial charge on any atom is -0.492 e. The first-order valence-corrected chi connectivity index (χ1v) is 11.2. The topological polar surface area (TPSA) is 97.7 Å². The highest BCUT2D eigenvalue weighted by atomic mass is 32.2. The quantitative estimate of drug-likeness (QED) is 0.602. The average Bonchev–Trinajstić information content (AvgIpc) is 2.71. The van der Waals surface area contributed by atoms with E-state index in [0.29, 0.717) is 0 Å². The SMILES string of the molecule is CCOc1ccc(C(F)(F)F)cc1NC(=O)Cn1cc(S(=O)(=O)N(CC)CC)ccc1=O. The second kappa shape index (κ2) is 10.2. The minimum atomic E-state index is -4.63.